The fourth-order valence-electron chi connectivity index (χ4n) is 1.88. The van der Waals surface area contributed by atoms with Gasteiger partial charge in [-0.2, -0.15) is 0 Å². The normalized spacial score (nSPS) is 10.9. The lowest BCUT2D eigenvalue weighted by atomic mass is 9.86. The van der Waals surface area contributed by atoms with E-state index >= 15 is 0 Å². The van der Waals surface area contributed by atoms with Crippen LogP contribution in [0.15, 0.2) is 30.3 Å². The van der Waals surface area contributed by atoms with Crippen molar-refractivity contribution in [2.75, 3.05) is 13.7 Å². The summed E-state index contributed by atoms with van der Waals surface area (Å²) in [5.41, 5.74) is 0.699. The van der Waals surface area contributed by atoms with Crippen LogP contribution in [0.25, 0.3) is 0 Å². The molecule has 20 heavy (non-hydrogen) atoms. The van der Waals surface area contributed by atoms with Gasteiger partial charge in [0.2, 0.25) is 0 Å². The SMILES string of the molecule is CNC(=O)COC(=O)C(C)(C)CCCc1ccccc1. The molecule has 0 aliphatic carbocycles. The van der Waals surface area contributed by atoms with Crippen LogP contribution in [-0.2, 0) is 20.7 Å². The van der Waals surface area contributed by atoms with Gasteiger partial charge in [0.15, 0.2) is 6.61 Å². The van der Waals surface area contributed by atoms with Crippen molar-refractivity contribution in [3.63, 3.8) is 0 Å². The molecule has 0 heterocycles. The van der Waals surface area contributed by atoms with E-state index in [0.717, 1.165) is 19.3 Å². The van der Waals surface area contributed by atoms with Gasteiger partial charge in [-0.05, 0) is 38.7 Å². The number of ether oxygens (including phenoxy) is 1. The summed E-state index contributed by atoms with van der Waals surface area (Å²) in [5, 5.41) is 2.42. The number of amides is 1. The maximum absolute atomic E-state index is 11.9. The first kappa shape index (κ1) is 16.2. The lowest BCUT2D eigenvalue weighted by Gasteiger charge is -2.22. The highest BCUT2D eigenvalue weighted by atomic mass is 16.5. The zero-order chi connectivity index (χ0) is 15.0. The summed E-state index contributed by atoms with van der Waals surface area (Å²) in [5.74, 6) is -0.618. The minimum Gasteiger partial charge on any atom is -0.455 e. The van der Waals surface area contributed by atoms with Gasteiger partial charge >= 0.3 is 5.97 Å². The molecule has 4 nitrogen and oxygen atoms in total. The molecule has 0 aliphatic rings. The number of aryl methyl sites for hydroxylation is 1. The van der Waals surface area contributed by atoms with E-state index in [-0.39, 0.29) is 18.5 Å². The van der Waals surface area contributed by atoms with Crippen molar-refractivity contribution in [1.82, 2.24) is 5.32 Å². The molecule has 110 valence electrons. The highest BCUT2D eigenvalue weighted by molar-refractivity contribution is 5.82. The monoisotopic (exact) mass is 277 g/mol. The second kappa shape index (κ2) is 7.68. The number of esters is 1. The maximum atomic E-state index is 11.9. The van der Waals surface area contributed by atoms with Crippen LogP contribution in [0, 0.1) is 5.41 Å². The molecule has 0 aliphatic heterocycles. The molecule has 0 saturated carbocycles. The second-order valence-corrected chi connectivity index (χ2v) is 5.47. The highest BCUT2D eigenvalue weighted by Crippen LogP contribution is 2.25. The van der Waals surface area contributed by atoms with Crippen molar-refractivity contribution in [2.45, 2.75) is 33.1 Å². The molecule has 0 unspecified atom stereocenters. The fourth-order valence-corrected chi connectivity index (χ4v) is 1.88. The van der Waals surface area contributed by atoms with Gasteiger partial charge in [0, 0.05) is 7.05 Å². The van der Waals surface area contributed by atoms with E-state index in [2.05, 4.69) is 17.4 Å². The minimum absolute atomic E-state index is 0.211. The predicted molar refractivity (Wildman–Crippen MR) is 78.2 cm³/mol. The lowest BCUT2D eigenvalue weighted by molar-refractivity contribution is -0.157. The van der Waals surface area contributed by atoms with Crippen LogP contribution in [0.3, 0.4) is 0 Å². The summed E-state index contributed by atoms with van der Waals surface area (Å²) in [6.07, 6.45) is 2.58. The number of carbonyl (C=O) groups excluding carboxylic acids is 2. The Bertz CT molecular complexity index is 440. The molecule has 1 aromatic rings. The molecule has 1 amide bonds. The van der Waals surface area contributed by atoms with E-state index in [1.54, 1.807) is 0 Å². The van der Waals surface area contributed by atoms with E-state index in [9.17, 15) is 9.59 Å². The highest BCUT2D eigenvalue weighted by Gasteiger charge is 2.29. The van der Waals surface area contributed by atoms with Crippen LogP contribution in [0.5, 0.6) is 0 Å². The molecular formula is C16H23NO3. The average molecular weight is 277 g/mol. The first-order valence-corrected chi connectivity index (χ1v) is 6.87. The van der Waals surface area contributed by atoms with Crippen LogP contribution in [-0.4, -0.2) is 25.5 Å². The van der Waals surface area contributed by atoms with Crippen molar-refractivity contribution in [3.8, 4) is 0 Å². The molecule has 0 saturated heterocycles. The molecule has 0 aromatic heterocycles. The number of benzene rings is 1. The Balaban J connectivity index is 2.36. The van der Waals surface area contributed by atoms with E-state index in [4.69, 9.17) is 4.74 Å². The Morgan fingerprint density at radius 2 is 1.85 bits per heavy atom. The number of likely N-dealkylation sites (N-methyl/N-ethyl adjacent to an activating group) is 1. The van der Waals surface area contributed by atoms with Crippen molar-refractivity contribution in [3.05, 3.63) is 35.9 Å². The number of nitrogens with one attached hydrogen (secondary N) is 1. The van der Waals surface area contributed by atoms with Crippen molar-refractivity contribution >= 4 is 11.9 Å². The Labute approximate surface area is 120 Å². The van der Waals surface area contributed by atoms with Crippen molar-refractivity contribution in [1.29, 1.82) is 0 Å². The molecular weight excluding hydrogens is 254 g/mol. The Kier molecular flexibility index (Phi) is 6.22. The van der Waals surface area contributed by atoms with Gasteiger partial charge in [0.1, 0.15) is 0 Å². The van der Waals surface area contributed by atoms with E-state index in [1.165, 1.54) is 12.6 Å². The summed E-state index contributed by atoms with van der Waals surface area (Å²) in [6, 6.07) is 10.2. The van der Waals surface area contributed by atoms with Crippen molar-refractivity contribution < 1.29 is 14.3 Å². The first-order valence-electron chi connectivity index (χ1n) is 6.87. The van der Waals surface area contributed by atoms with Crippen LogP contribution in [0.1, 0.15) is 32.3 Å². The summed E-state index contributed by atoms with van der Waals surface area (Å²) in [6.45, 7) is 3.49. The molecule has 0 spiro atoms. The van der Waals surface area contributed by atoms with Crippen LogP contribution in [0.4, 0.5) is 0 Å². The number of carbonyl (C=O) groups is 2. The first-order chi connectivity index (χ1) is 9.45. The third kappa shape index (κ3) is 5.43. The lowest BCUT2D eigenvalue weighted by Crippen LogP contribution is -2.31. The molecule has 1 aromatic carbocycles. The number of hydrogen-bond acceptors (Lipinski definition) is 3. The molecule has 4 heteroatoms. The van der Waals surface area contributed by atoms with Gasteiger partial charge in [0.05, 0.1) is 5.41 Å². The number of hydrogen-bond donors (Lipinski definition) is 1. The van der Waals surface area contributed by atoms with Crippen LogP contribution >= 0.6 is 0 Å². The summed E-state index contributed by atoms with van der Waals surface area (Å²) in [7, 11) is 1.52. The van der Waals surface area contributed by atoms with E-state index in [0.29, 0.717) is 0 Å². The molecule has 0 atom stereocenters. The third-order valence-corrected chi connectivity index (χ3v) is 3.28. The largest absolute Gasteiger partial charge is 0.455 e. The van der Waals surface area contributed by atoms with E-state index in [1.807, 2.05) is 32.0 Å². The molecule has 1 rings (SSSR count). The van der Waals surface area contributed by atoms with Crippen LogP contribution in [0.2, 0.25) is 0 Å². The van der Waals surface area contributed by atoms with Gasteiger partial charge in [-0.25, -0.2) is 0 Å². The maximum Gasteiger partial charge on any atom is 0.312 e. The van der Waals surface area contributed by atoms with Crippen molar-refractivity contribution in [2.24, 2.45) is 5.41 Å². The van der Waals surface area contributed by atoms with Gasteiger partial charge in [-0.3, -0.25) is 9.59 Å². The van der Waals surface area contributed by atoms with Gasteiger partial charge in [0.25, 0.3) is 5.91 Å². The molecule has 0 bridgehead atoms. The summed E-state index contributed by atoms with van der Waals surface area (Å²) in [4.78, 5) is 23.0. The fraction of sp³-hybridized carbons (Fsp3) is 0.500. The molecule has 1 N–H and O–H groups in total. The number of rotatable bonds is 7. The second-order valence-electron chi connectivity index (χ2n) is 5.47. The van der Waals surface area contributed by atoms with Gasteiger partial charge in [-0.15, -0.1) is 0 Å². The topological polar surface area (TPSA) is 55.4 Å². The zero-order valence-electron chi connectivity index (χ0n) is 12.4. The summed E-state index contributed by atoms with van der Waals surface area (Å²) < 4.78 is 5.01. The summed E-state index contributed by atoms with van der Waals surface area (Å²) >= 11 is 0. The predicted octanol–water partition coefficient (Wildman–Crippen LogP) is 2.32. The van der Waals surface area contributed by atoms with Gasteiger partial charge in [-0.1, -0.05) is 30.3 Å². The van der Waals surface area contributed by atoms with E-state index < -0.39 is 5.41 Å². The zero-order valence-corrected chi connectivity index (χ0v) is 12.4. The smallest absolute Gasteiger partial charge is 0.312 e. The average Bonchev–Trinajstić information content (AvgIpc) is 2.45. The third-order valence-electron chi connectivity index (χ3n) is 3.28. The molecule has 0 radical (unpaired) electrons. The quantitative estimate of drug-likeness (QED) is 0.778. The Morgan fingerprint density at radius 1 is 1.20 bits per heavy atom. The van der Waals surface area contributed by atoms with Gasteiger partial charge < -0.3 is 10.1 Å². The van der Waals surface area contributed by atoms with Crippen LogP contribution < -0.4 is 5.32 Å². The minimum atomic E-state index is -0.567. The molecule has 0 fully saturated rings. The Hall–Kier alpha value is -1.84. The Morgan fingerprint density at radius 3 is 2.45 bits per heavy atom. The standard InChI is InChI=1S/C16H23NO3/c1-16(2,15(19)20-12-14(18)17-3)11-7-10-13-8-5-4-6-9-13/h4-6,8-9H,7,10-12H2,1-3H3,(H,17,18).